The Bertz CT molecular complexity index is 3560. The van der Waals surface area contributed by atoms with E-state index in [0.717, 1.165) is 59.0 Å². The molecule has 4 heterocycles. The second kappa shape index (κ2) is 36.7. The lowest BCUT2D eigenvalue weighted by Gasteiger charge is -2.06. The van der Waals surface area contributed by atoms with E-state index >= 15 is 0 Å². The van der Waals surface area contributed by atoms with Crippen LogP contribution in [0.15, 0.2) is 179 Å². The van der Waals surface area contributed by atoms with E-state index in [1.807, 2.05) is 143 Å². The molecule has 0 aliphatic carbocycles. The number of amides is 3. The molecule has 4 aromatic carbocycles. The Balaban J connectivity index is 0.000000280. The van der Waals surface area contributed by atoms with E-state index in [1.165, 1.54) is 0 Å². The molecule has 8 rings (SSSR count). The van der Waals surface area contributed by atoms with Crippen molar-refractivity contribution in [2.75, 3.05) is 21.7 Å². The third kappa shape index (κ3) is 33.2. The maximum absolute atomic E-state index is 12.1. The van der Waals surface area contributed by atoms with E-state index in [9.17, 15) is 19.2 Å². The number of anilines is 4. The first-order chi connectivity index (χ1) is 40.1. The summed E-state index contributed by atoms with van der Waals surface area (Å²) in [6.07, 6.45) is 18.1. The van der Waals surface area contributed by atoms with Gasteiger partial charge in [0.15, 0.2) is 0 Å². The number of hydrogen-bond donors (Lipinski definition) is 5. The number of carbonyl (C=O) groups is 4. The number of aliphatic carboxylic acids is 1. The fourth-order valence-electron chi connectivity index (χ4n) is 6.77. The summed E-state index contributed by atoms with van der Waals surface area (Å²) in [4.78, 5) is 62.3. The average molecular weight is 1300 g/mol. The number of aromatic nitrogens is 4. The Morgan fingerprint density at radius 1 is 0.482 bits per heavy atom. The molecule has 0 atom stereocenters. The molecule has 0 bridgehead atoms. The lowest BCUT2D eigenvalue weighted by atomic mass is 10.1. The van der Waals surface area contributed by atoms with Gasteiger partial charge < -0.3 is 26.8 Å². The summed E-state index contributed by atoms with van der Waals surface area (Å²) in [5.74, 6) is 6.81. The van der Waals surface area contributed by atoms with Crippen LogP contribution in [0.1, 0.15) is 55.6 Å². The molecule has 0 aliphatic heterocycles. The first-order valence-electron chi connectivity index (χ1n) is 26.9. The van der Waals surface area contributed by atoms with Crippen LogP contribution in [0.4, 0.5) is 23.3 Å². The normalized spacial score (nSPS) is 10.0. The molecule has 8 aromatic rings. The number of aryl methyl sites for hydroxylation is 4. The van der Waals surface area contributed by atoms with Gasteiger partial charge in [-0.05, 0) is 130 Å². The molecule has 0 aliphatic rings. The van der Waals surface area contributed by atoms with Gasteiger partial charge in [0.05, 0.1) is 25.7 Å². The highest BCUT2D eigenvalue weighted by atomic mass is 79.9. The van der Waals surface area contributed by atoms with E-state index in [-0.39, 0.29) is 24.1 Å². The number of nitrogen functional groups attached to an aromatic ring is 1. The van der Waals surface area contributed by atoms with Crippen LogP contribution < -0.4 is 21.7 Å². The Hall–Kier alpha value is -8.77. The largest absolute Gasteiger partial charge is 0.481 e. The standard InChI is InChI=1S/C19H22N2OSi.C16H14N2O.C14H13BrN2O.C9H10O2.C5H5BrN2.C5H10Si/c1-15-6-5-7-17(12-15)13-19(22)21-18-9-8-16(14-20-18)10-11-23(2,3)4;1-3-13-7-8-15(17-11-13)18-16(19)10-14-6-4-5-12(2)9-14;1-10-3-2-4-11(7-10)8-14(18)17-13-6-5-12(15)9-16-13;1-7-3-2-4-8(5-7)6-9(10)11;6-4-1-2-5(7)8-3-4;1-5-6(2,3)4/h5-9,12,14H,13H2,1-4H3,(H,20,21,22);1,4-9,11H,10H2,2H3,(H,17,18,19);2-7,9H,8H2,1H3,(H,16,17,18);2-5H,6H2,1H3,(H,10,11);1-3H,(H2,7,8);1H,2-4H3. The van der Waals surface area contributed by atoms with Crippen molar-refractivity contribution < 1.29 is 24.3 Å². The number of terminal acetylenes is 2. The van der Waals surface area contributed by atoms with Crippen molar-refractivity contribution in [2.45, 2.75) is 92.7 Å². The van der Waals surface area contributed by atoms with Crippen molar-refractivity contribution in [1.29, 1.82) is 0 Å². The highest BCUT2D eigenvalue weighted by molar-refractivity contribution is 9.10. The van der Waals surface area contributed by atoms with Crippen molar-refractivity contribution >= 4 is 95.0 Å². The van der Waals surface area contributed by atoms with Crippen LogP contribution in [0.5, 0.6) is 0 Å². The fourth-order valence-corrected chi connectivity index (χ4v) is 7.76. The molecular formula is C68H74Br2N8O5Si2. The van der Waals surface area contributed by atoms with Gasteiger partial charge in [-0.1, -0.05) is 170 Å². The van der Waals surface area contributed by atoms with E-state index in [4.69, 9.17) is 23.7 Å². The number of nitrogens with zero attached hydrogens (tertiary/aromatic N) is 4. The Morgan fingerprint density at radius 2 is 0.824 bits per heavy atom. The Labute approximate surface area is 520 Å². The Kier molecular flexibility index (Phi) is 30.5. The molecule has 4 aromatic heterocycles. The summed E-state index contributed by atoms with van der Waals surface area (Å²) in [7, 11) is -2.49. The summed E-state index contributed by atoms with van der Waals surface area (Å²) >= 11 is 6.53. The summed E-state index contributed by atoms with van der Waals surface area (Å²) in [6, 6.07) is 45.6. The number of nitrogens with two attached hydrogens (primary N) is 1. The molecule has 3 amide bonds. The smallest absolute Gasteiger partial charge is 0.307 e. The number of hydrogen-bond acceptors (Lipinski definition) is 9. The number of nitrogens with one attached hydrogen (secondary N) is 3. The number of benzene rings is 4. The van der Waals surface area contributed by atoms with Crippen LogP contribution in [-0.2, 0) is 44.9 Å². The quantitative estimate of drug-likeness (QED) is 0.0613. The number of carbonyl (C=O) groups excluding carboxylic acids is 3. The maximum atomic E-state index is 12.1. The average Bonchev–Trinajstić information content (AvgIpc) is 3.54. The van der Waals surface area contributed by atoms with Crippen molar-refractivity contribution in [1.82, 2.24) is 19.9 Å². The van der Waals surface area contributed by atoms with E-state index < -0.39 is 22.1 Å². The van der Waals surface area contributed by atoms with Gasteiger partial charge in [-0.3, -0.25) is 19.2 Å². The molecule has 0 saturated carbocycles. The second-order valence-corrected chi connectivity index (χ2v) is 32.7. The SMILES string of the molecule is C#C[Si](C)(C)C.C#Cc1ccc(NC(=O)Cc2cccc(C)c2)nc1.Cc1cccc(CC(=O)Nc2ccc(Br)cn2)c1.Cc1cccc(CC(=O)Nc2ccc(C#C[Si](C)(C)C)cn2)c1.Cc1cccc(CC(=O)O)c1.Nc1ccc(Br)cn1. The van der Waals surface area contributed by atoms with E-state index in [2.05, 4.69) is 130 Å². The summed E-state index contributed by atoms with van der Waals surface area (Å²) in [5, 5.41) is 16.8. The van der Waals surface area contributed by atoms with Gasteiger partial charge in [0.2, 0.25) is 17.7 Å². The highest BCUT2D eigenvalue weighted by Gasteiger charge is 2.10. The predicted molar refractivity (Wildman–Crippen MR) is 360 cm³/mol. The Morgan fingerprint density at radius 3 is 1.09 bits per heavy atom. The fraction of sp³-hybridized carbons (Fsp3) is 0.206. The summed E-state index contributed by atoms with van der Waals surface area (Å²) in [5.41, 5.74) is 21.3. The zero-order chi connectivity index (χ0) is 63.0. The van der Waals surface area contributed by atoms with Gasteiger partial charge >= 0.3 is 5.97 Å². The monoisotopic (exact) mass is 1300 g/mol. The number of halogens is 2. The van der Waals surface area contributed by atoms with Crippen LogP contribution in [0.25, 0.3) is 0 Å². The first kappa shape index (κ1) is 70.5. The van der Waals surface area contributed by atoms with Gasteiger partial charge in [-0.15, -0.1) is 23.9 Å². The van der Waals surface area contributed by atoms with Gasteiger partial charge in [0.1, 0.15) is 39.4 Å². The molecule has 17 heteroatoms. The molecule has 438 valence electrons. The van der Waals surface area contributed by atoms with Crippen LogP contribution in [0, 0.1) is 63.5 Å². The summed E-state index contributed by atoms with van der Waals surface area (Å²) in [6.45, 7) is 21.0. The van der Waals surface area contributed by atoms with Crippen molar-refractivity contribution in [3.05, 3.63) is 235 Å². The van der Waals surface area contributed by atoms with Gasteiger partial charge in [-0.2, -0.15) is 0 Å². The lowest BCUT2D eigenvalue weighted by molar-refractivity contribution is -0.136. The molecule has 0 fully saturated rings. The molecule has 0 unspecified atom stereocenters. The van der Waals surface area contributed by atoms with Crippen LogP contribution in [0.3, 0.4) is 0 Å². The zero-order valence-electron chi connectivity index (χ0n) is 49.9. The molecule has 13 nitrogen and oxygen atoms in total. The number of carboxylic acid groups (broad SMARTS) is 1. The molecule has 0 spiro atoms. The predicted octanol–water partition coefficient (Wildman–Crippen LogP) is 14.2. The van der Waals surface area contributed by atoms with E-state index in [1.54, 1.807) is 55.1 Å². The van der Waals surface area contributed by atoms with Crippen molar-refractivity contribution in [3.8, 4) is 35.8 Å². The van der Waals surface area contributed by atoms with Gasteiger partial charge in [0.25, 0.3) is 0 Å². The minimum atomic E-state index is -1.39. The van der Waals surface area contributed by atoms with Crippen LogP contribution >= 0.6 is 31.9 Å². The van der Waals surface area contributed by atoms with Gasteiger partial charge in [-0.25, -0.2) is 19.9 Å². The number of carboxylic acids is 1. The van der Waals surface area contributed by atoms with Crippen LogP contribution in [-0.4, -0.2) is 64.9 Å². The third-order valence-electron chi connectivity index (χ3n) is 10.8. The van der Waals surface area contributed by atoms with E-state index in [0.29, 0.717) is 48.1 Å². The van der Waals surface area contributed by atoms with Crippen LogP contribution in [0.2, 0.25) is 39.3 Å². The van der Waals surface area contributed by atoms with Gasteiger partial charge in [0, 0.05) is 44.9 Å². The number of pyridine rings is 4. The number of rotatable bonds is 11. The molecule has 6 N–H and O–H groups in total. The summed E-state index contributed by atoms with van der Waals surface area (Å²) < 4.78 is 1.84. The van der Waals surface area contributed by atoms with Crippen molar-refractivity contribution in [2.24, 2.45) is 0 Å². The highest BCUT2D eigenvalue weighted by Crippen LogP contribution is 2.14. The second-order valence-electron chi connectivity index (χ2n) is 21.4. The maximum Gasteiger partial charge on any atom is 0.307 e. The third-order valence-corrected chi connectivity index (χ3v) is 13.4. The molecule has 0 saturated heterocycles. The molecule has 0 radical (unpaired) electrons. The lowest BCUT2D eigenvalue weighted by Crippen LogP contribution is -2.16. The topological polar surface area (TPSA) is 202 Å². The minimum Gasteiger partial charge on any atom is -0.481 e. The minimum absolute atomic E-state index is 0.0598. The first-order valence-corrected chi connectivity index (χ1v) is 35.5. The van der Waals surface area contributed by atoms with Crippen molar-refractivity contribution in [3.63, 3.8) is 0 Å². The molecular weight excluding hydrogens is 1220 g/mol. The molecule has 85 heavy (non-hydrogen) atoms. The zero-order valence-corrected chi connectivity index (χ0v) is 55.0.